The van der Waals surface area contributed by atoms with Crippen molar-refractivity contribution in [3.8, 4) is 0 Å². The van der Waals surface area contributed by atoms with Gasteiger partial charge in [-0.25, -0.2) is 9.18 Å². The van der Waals surface area contributed by atoms with Gasteiger partial charge in [0.1, 0.15) is 5.82 Å². The van der Waals surface area contributed by atoms with Gasteiger partial charge in [-0.1, -0.05) is 0 Å². The summed E-state index contributed by atoms with van der Waals surface area (Å²) in [6.07, 6.45) is 0.595. The van der Waals surface area contributed by atoms with Crippen LogP contribution in [0, 0.1) is 5.82 Å². The zero-order valence-electron chi connectivity index (χ0n) is 12.0. The molecule has 0 bridgehead atoms. The van der Waals surface area contributed by atoms with Crippen LogP contribution in [0.1, 0.15) is 26.3 Å². The number of carbonyl (C=O) groups excluding carboxylic acids is 2. The zero-order chi connectivity index (χ0) is 15.7. The van der Waals surface area contributed by atoms with E-state index in [1.165, 1.54) is 25.3 Å². The first-order valence-corrected chi connectivity index (χ1v) is 6.89. The van der Waals surface area contributed by atoms with Crippen LogP contribution in [0.2, 0.25) is 0 Å². The molecule has 0 spiro atoms. The van der Waals surface area contributed by atoms with Crippen LogP contribution in [-0.4, -0.2) is 25.5 Å². The molecule has 22 heavy (non-hydrogen) atoms. The van der Waals surface area contributed by atoms with E-state index in [1.54, 1.807) is 29.2 Å². The molecule has 5 heteroatoms. The first-order chi connectivity index (χ1) is 10.6. The van der Waals surface area contributed by atoms with Crippen molar-refractivity contribution >= 4 is 17.6 Å². The molecule has 2 aromatic carbocycles. The molecule has 4 nitrogen and oxygen atoms in total. The number of halogens is 1. The smallest absolute Gasteiger partial charge is 0.337 e. The number of methoxy groups -OCH3 is 1. The second kappa shape index (κ2) is 5.60. The van der Waals surface area contributed by atoms with Gasteiger partial charge in [-0.05, 0) is 54.4 Å². The third kappa shape index (κ3) is 2.45. The maximum atomic E-state index is 13.2. The molecule has 0 N–H and O–H groups in total. The van der Waals surface area contributed by atoms with Gasteiger partial charge in [0.05, 0.1) is 12.7 Å². The van der Waals surface area contributed by atoms with E-state index in [9.17, 15) is 14.0 Å². The van der Waals surface area contributed by atoms with Crippen LogP contribution in [0.25, 0.3) is 0 Å². The fourth-order valence-electron chi connectivity index (χ4n) is 2.60. The number of esters is 1. The minimum absolute atomic E-state index is 0.160. The topological polar surface area (TPSA) is 46.6 Å². The van der Waals surface area contributed by atoms with Gasteiger partial charge in [0.15, 0.2) is 0 Å². The highest BCUT2D eigenvalue weighted by atomic mass is 19.1. The third-order valence-corrected chi connectivity index (χ3v) is 3.75. The number of hydrogen-bond acceptors (Lipinski definition) is 3. The van der Waals surface area contributed by atoms with Crippen LogP contribution in [-0.2, 0) is 11.2 Å². The largest absolute Gasteiger partial charge is 0.465 e. The molecule has 0 fully saturated rings. The van der Waals surface area contributed by atoms with Crippen LogP contribution in [0.5, 0.6) is 0 Å². The maximum absolute atomic E-state index is 13.2. The number of amides is 1. The minimum atomic E-state index is -0.419. The Balaban J connectivity index is 1.89. The predicted octanol–water partition coefficient (Wildman–Crippen LogP) is 2.82. The highest BCUT2D eigenvalue weighted by molar-refractivity contribution is 6.08. The van der Waals surface area contributed by atoms with Crippen LogP contribution in [0.3, 0.4) is 0 Å². The predicted molar refractivity (Wildman–Crippen MR) is 79.6 cm³/mol. The molecule has 1 aliphatic rings. The molecule has 0 saturated carbocycles. The Morgan fingerprint density at radius 2 is 1.91 bits per heavy atom. The first kappa shape index (κ1) is 14.3. The summed E-state index contributed by atoms with van der Waals surface area (Å²) in [7, 11) is 1.32. The summed E-state index contributed by atoms with van der Waals surface area (Å²) in [4.78, 5) is 25.6. The summed E-state index contributed by atoms with van der Waals surface area (Å²) in [6.45, 7) is 0.479. The molecule has 0 aliphatic carbocycles. The van der Waals surface area contributed by atoms with Crippen molar-refractivity contribution < 1.29 is 18.7 Å². The van der Waals surface area contributed by atoms with Crippen molar-refractivity contribution in [3.05, 3.63) is 65.0 Å². The number of nitrogens with zero attached hydrogens (tertiary/aromatic N) is 1. The molecule has 2 aromatic rings. The SMILES string of the molecule is COC(=O)c1ccc(N2CCc3cc(F)ccc3C2=O)cc1. The molecule has 1 heterocycles. The molecule has 112 valence electrons. The highest BCUT2D eigenvalue weighted by Gasteiger charge is 2.25. The van der Waals surface area contributed by atoms with Crippen molar-refractivity contribution in [1.29, 1.82) is 0 Å². The Hall–Kier alpha value is -2.69. The Labute approximate surface area is 127 Å². The Morgan fingerprint density at radius 1 is 1.18 bits per heavy atom. The fraction of sp³-hybridized carbons (Fsp3) is 0.176. The average molecular weight is 299 g/mol. The average Bonchev–Trinajstić information content (AvgIpc) is 2.54. The summed E-state index contributed by atoms with van der Waals surface area (Å²) in [5.74, 6) is -0.910. The number of anilines is 1. The number of rotatable bonds is 2. The second-order valence-electron chi connectivity index (χ2n) is 5.05. The summed E-state index contributed by atoms with van der Waals surface area (Å²) in [5, 5.41) is 0. The minimum Gasteiger partial charge on any atom is -0.465 e. The van der Waals surface area contributed by atoms with E-state index in [4.69, 9.17) is 0 Å². The molecule has 0 aromatic heterocycles. The summed E-state index contributed by atoms with van der Waals surface area (Å²) in [6, 6.07) is 10.9. The van der Waals surface area contributed by atoms with E-state index in [1.807, 2.05) is 0 Å². The van der Waals surface area contributed by atoms with E-state index in [0.717, 1.165) is 5.56 Å². The standard InChI is InChI=1S/C17H14FNO3/c1-22-17(21)11-2-5-14(6-3-11)19-9-8-12-10-13(18)4-7-15(12)16(19)20/h2-7,10H,8-9H2,1H3. The summed E-state index contributed by atoms with van der Waals surface area (Å²) < 4.78 is 17.9. The Kier molecular flexibility index (Phi) is 3.63. The molecule has 3 rings (SSSR count). The quantitative estimate of drug-likeness (QED) is 0.801. The van der Waals surface area contributed by atoms with Gasteiger partial charge in [-0.2, -0.15) is 0 Å². The molecule has 1 aliphatic heterocycles. The van der Waals surface area contributed by atoms with Crippen LogP contribution in [0.15, 0.2) is 42.5 Å². The van der Waals surface area contributed by atoms with E-state index in [-0.39, 0.29) is 11.7 Å². The molecule has 0 radical (unpaired) electrons. The van der Waals surface area contributed by atoms with Gasteiger partial charge >= 0.3 is 5.97 Å². The van der Waals surface area contributed by atoms with E-state index < -0.39 is 5.97 Å². The van der Waals surface area contributed by atoms with Gasteiger partial charge in [0, 0.05) is 17.8 Å². The third-order valence-electron chi connectivity index (χ3n) is 3.75. The molecule has 1 amide bonds. The molecule has 0 unspecified atom stereocenters. The first-order valence-electron chi connectivity index (χ1n) is 6.89. The van der Waals surface area contributed by atoms with E-state index >= 15 is 0 Å². The molecule has 0 atom stereocenters. The van der Waals surface area contributed by atoms with Gasteiger partial charge in [-0.3, -0.25) is 4.79 Å². The van der Waals surface area contributed by atoms with Crippen molar-refractivity contribution in [2.45, 2.75) is 6.42 Å². The molecule has 0 saturated heterocycles. The van der Waals surface area contributed by atoms with Crippen molar-refractivity contribution in [2.75, 3.05) is 18.6 Å². The molecular weight excluding hydrogens is 285 g/mol. The van der Waals surface area contributed by atoms with Crippen LogP contribution >= 0.6 is 0 Å². The van der Waals surface area contributed by atoms with Crippen molar-refractivity contribution in [3.63, 3.8) is 0 Å². The number of fused-ring (bicyclic) bond motifs is 1. The van der Waals surface area contributed by atoms with Crippen LogP contribution < -0.4 is 4.90 Å². The normalized spacial score (nSPS) is 13.7. The zero-order valence-corrected chi connectivity index (χ0v) is 12.0. The van der Waals surface area contributed by atoms with Gasteiger partial charge in [0.2, 0.25) is 0 Å². The van der Waals surface area contributed by atoms with Crippen molar-refractivity contribution in [1.82, 2.24) is 0 Å². The fourth-order valence-corrected chi connectivity index (χ4v) is 2.60. The van der Waals surface area contributed by atoms with E-state index in [0.29, 0.717) is 29.8 Å². The Morgan fingerprint density at radius 3 is 2.59 bits per heavy atom. The van der Waals surface area contributed by atoms with Crippen LogP contribution in [0.4, 0.5) is 10.1 Å². The lowest BCUT2D eigenvalue weighted by Gasteiger charge is -2.28. The maximum Gasteiger partial charge on any atom is 0.337 e. The summed E-state index contributed by atoms with van der Waals surface area (Å²) in [5.41, 5.74) is 2.38. The van der Waals surface area contributed by atoms with Crippen molar-refractivity contribution in [2.24, 2.45) is 0 Å². The number of ether oxygens (including phenoxy) is 1. The number of benzene rings is 2. The lowest BCUT2D eigenvalue weighted by atomic mass is 9.98. The lowest BCUT2D eigenvalue weighted by molar-refractivity contribution is 0.0600. The van der Waals surface area contributed by atoms with Gasteiger partial charge in [0.25, 0.3) is 5.91 Å². The number of hydrogen-bond donors (Lipinski definition) is 0. The van der Waals surface area contributed by atoms with E-state index in [2.05, 4.69) is 4.74 Å². The van der Waals surface area contributed by atoms with Gasteiger partial charge in [-0.15, -0.1) is 0 Å². The number of carbonyl (C=O) groups is 2. The summed E-state index contributed by atoms with van der Waals surface area (Å²) >= 11 is 0. The van der Waals surface area contributed by atoms with Gasteiger partial charge < -0.3 is 9.64 Å². The highest BCUT2D eigenvalue weighted by Crippen LogP contribution is 2.25. The Bertz CT molecular complexity index is 740. The molecular formula is C17H14FNO3. The lowest BCUT2D eigenvalue weighted by Crippen LogP contribution is -2.37. The second-order valence-corrected chi connectivity index (χ2v) is 5.05. The monoisotopic (exact) mass is 299 g/mol.